The van der Waals surface area contributed by atoms with Crippen molar-refractivity contribution in [1.82, 2.24) is 9.96 Å². The highest BCUT2D eigenvalue weighted by molar-refractivity contribution is 5.80. The van der Waals surface area contributed by atoms with E-state index in [-0.39, 0.29) is 11.9 Å². The summed E-state index contributed by atoms with van der Waals surface area (Å²) in [6.07, 6.45) is 1.90. The Kier molecular flexibility index (Phi) is 2.46. The lowest BCUT2D eigenvalue weighted by Gasteiger charge is -2.20. The molecule has 1 rings (SSSR count). The quantitative estimate of drug-likeness (QED) is 0.429. The first-order valence-electron chi connectivity index (χ1n) is 3.79. The Morgan fingerprint density at radius 2 is 2.36 bits per heavy atom. The van der Waals surface area contributed by atoms with E-state index in [2.05, 4.69) is 0 Å². The Bertz CT molecular complexity index is 159. The fourth-order valence-corrected chi connectivity index (χ4v) is 1.44. The van der Waals surface area contributed by atoms with Gasteiger partial charge in [0.1, 0.15) is 0 Å². The molecule has 1 heterocycles. The van der Waals surface area contributed by atoms with Gasteiger partial charge in [-0.3, -0.25) is 14.9 Å². The van der Waals surface area contributed by atoms with Crippen LogP contribution in [0.4, 0.5) is 0 Å². The number of amides is 1. The van der Waals surface area contributed by atoms with Gasteiger partial charge in [-0.15, -0.1) is 0 Å². The van der Waals surface area contributed by atoms with E-state index in [0.717, 1.165) is 19.4 Å². The summed E-state index contributed by atoms with van der Waals surface area (Å²) in [7, 11) is 3.27. The molecule has 0 radical (unpaired) electrons. The first-order chi connectivity index (χ1) is 5.13. The Labute approximate surface area is 66.4 Å². The second-order valence-corrected chi connectivity index (χ2v) is 3.00. The lowest BCUT2D eigenvalue weighted by Crippen LogP contribution is -2.40. The van der Waals surface area contributed by atoms with Gasteiger partial charge in [-0.1, -0.05) is 0 Å². The highest BCUT2D eigenvalue weighted by Gasteiger charge is 2.29. The predicted molar refractivity (Wildman–Crippen MR) is 40.2 cm³/mol. The number of likely N-dealkylation sites (tertiary alicyclic amines) is 1. The molecule has 1 N–H and O–H groups in total. The van der Waals surface area contributed by atoms with Crippen LogP contribution in [0.1, 0.15) is 12.8 Å². The van der Waals surface area contributed by atoms with Crippen LogP contribution >= 0.6 is 0 Å². The third-order valence-corrected chi connectivity index (χ3v) is 2.12. The number of carbonyl (C=O) groups excluding carboxylic acids is 1. The molecule has 4 nitrogen and oxygen atoms in total. The molecule has 1 aliphatic heterocycles. The molecule has 11 heavy (non-hydrogen) atoms. The van der Waals surface area contributed by atoms with E-state index in [1.165, 1.54) is 7.05 Å². The molecule has 1 atom stereocenters. The monoisotopic (exact) mass is 158 g/mol. The summed E-state index contributed by atoms with van der Waals surface area (Å²) >= 11 is 0. The van der Waals surface area contributed by atoms with Gasteiger partial charge >= 0.3 is 0 Å². The maximum Gasteiger partial charge on any atom is 0.262 e. The van der Waals surface area contributed by atoms with Gasteiger partial charge in [0.2, 0.25) is 0 Å². The molecule has 1 unspecified atom stereocenters. The molecule has 0 saturated carbocycles. The third-order valence-electron chi connectivity index (χ3n) is 2.12. The van der Waals surface area contributed by atoms with Crippen molar-refractivity contribution in [3.63, 3.8) is 0 Å². The molecule has 1 amide bonds. The molecule has 1 saturated heterocycles. The lowest BCUT2D eigenvalue weighted by molar-refractivity contribution is -0.164. The van der Waals surface area contributed by atoms with E-state index in [1.54, 1.807) is 0 Å². The summed E-state index contributed by atoms with van der Waals surface area (Å²) < 4.78 is 0. The second kappa shape index (κ2) is 3.19. The zero-order chi connectivity index (χ0) is 8.43. The first-order valence-corrected chi connectivity index (χ1v) is 3.79. The molecule has 64 valence electrons. The molecule has 0 aromatic rings. The summed E-state index contributed by atoms with van der Waals surface area (Å²) in [4.78, 5) is 13.2. The van der Waals surface area contributed by atoms with E-state index in [4.69, 9.17) is 5.21 Å². The van der Waals surface area contributed by atoms with Gasteiger partial charge in [0.15, 0.2) is 0 Å². The van der Waals surface area contributed by atoms with Crippen molar-refractivity contribution in [1.29, 1.82) is 0 Å². The van der Waals surface area contributed by atoms with Crippen LogP contribution in [0.3, 0.4) is 0 Å². The number of hydrogen-bond acceptors (Lipinski definition) is 3. The molecule has 1 fully saturated rings. The maximum absolute atomic E-state index is 11.2. The molecular formula is C7H14N2O2. The molecule has 0 aromatic carbocycles. The molecule has 0 spiro atoms. The smallest absolute Gasteiger partial charge is 0.262 e. The lowest BCUT2D eigenvalue weighted by atomic mass is 10.2. The summed E-state index contributed by atoms with van der Waals surface area (Å²) in [5.41, 5.74) is 0. The summed E-state index contributed by atoms with van der Waals surface area (Å²) in [5, 5.41) is 9.53. The van der Waals surface area contributed by atoms with Crippen LogP contribution in [0.2, 0.25) is 0 Å². The Hall–Kier alpha value is -0.610. The molecule has 0 aromatic heterocycles. The largest absolute Gasteiger partial charge is 0.295 e. The maximum atomic E-state index is 11.2. The van der Waals surface area contributed by atoms with Gasteiger partial charge in [-0.2, -0.15) is 0 Å². The standard InChI is InChI=1S/C7H14N2O2/c1-8-5-3-4-6(8)7(10)9(2)11/h6,11H,3-5H2,1-2H3. The minimum Gasteiger partial charge on any atom is -0.295 e. The molecule has 4 heteroatoms. The van der Waals surface area contributed by atoms with Crippen LogP contribution in [-0.2, 0) is 4.79 Å². The molecular weight excluding hydrogens is 144 g/mol. The van der Waals surface area contributed by atoms with Gasteiger partial charge < -0.3 is 0 Å². The number of hydrogen-bond donors (Lipinski definition) is 1. The number of carbonyl (C=O) groups is 1. The number of hydroxylamine groups is 2. The van der Waals surface area contributed by atoms with Gasteiger partial charge in [0.05, 0.1) is 6.04 Å². The van der Waals surface area contributed by atoms with E-state index in [9.17, 15) is 4.79 Å². The van der Waals surface area contributed by atoms with E-state index in [0.29, 0.717) is 5.06 Å². The Balaban J connectivity index is 2.53. The van der Waals surface area contributed by atoms with Crippen molar-refractivity contribution in [2.75, 3.05) is 20.6 Å². The Morgan fingerprint density at radius 1 is 1.73 bits per heavy atom. The zero-order valence-corrected chi connectivity index (χ0v) is 6.95. The van der Waals surface area contributed by atoms with Crippen molar-refractivity contribution in [3.05, 3.63) is 0 Å². The van der Waals surface area contributed by atoms with Crippen LogP contribution in [0.25, 0.3) is 0 Å². The van der Waals surface area contributed by atoms with Crippen molar-refractivity contribution < 1.29 is 10.0 Å². The van der Waals surface area contributed by atoms with E-state index < -0.39 is 0 Å². The minimum atomic E-state index is -0.204. The highest BCUT2D eigenvalue weighted by atomic mass is 16.5. The third kappa shape index (κ3) is 1.70. The predicted octanol–water partition coefficient (Wildman–Crippen LogP) is -0.0718. The first kappa shape index (κ1) is 8.49. The SMILES string of the molecule is CN(O)C(=O)C1CCCN1C. The van der Waals surface area contributed by atoms with Gasteiger partial charge in [-0.25, -0.2) is 5.06 Å². The number of likely N-dealkylation sites (N-methyl/N-ethyl adjacent to an activating group) is 2. The summed E-state index contributed by atoms with van der Waals surface area (Å²) in [5.74, 6) is -0.204. The average molecular weight is 158 g/mol. The molecule has 1 aliphatic rings. The second-order valence-electron chi connectivity index (χ2n) is 3.00. The minimum absolute atomic E-state index is 0.106. The van der Waals surface area contributed by atoms with Gasteiger partial charge in [0.25, 0.3) is 5.91 Å². The van der Waals surface area contributed by atoms with E-state index in [1.807, 2.05) is 11.9 Å². The molecule has 0 bridgehead atoms. The normalized spacial score (nSPS) is 25.5. The fourth-order valence-electron chi connectivity index (χ4n) is 1.44. The van der Waals surface area contributed by atoms with Crippen LogP contribution in [0.5, 0.6) is 0 Å². The van der Waals surface area contributed by atoms with Crippen LogP contribution in [-0.4, -0.2) is 47.8 Å². The van der Waals surface area contributed by atoms with Gasteiger partial charge in [0, 0.05) is 7.05 Å². The summed E-state index contributed by atoms with van der Waals surface area (Å²) in [6.45, 7) is 0.949. The zero-order valence-electron chi connectivity index (χ0n) is 6.95. The average Bonchev–Trinajstić information content (AvgIpc) is 2.33. The van der Waals surface area contributed by atoms with Crippen molar-refractivity contribution in [3.8, 4) is 0 Å². The Morgan fingerprint density at radius 3 is 2.73 bits per heavy atom. The molecule has 0 aliphatic carbocycles. The van der Waals surface area contributed by atoms with Crippen LogP contribution < -0.4 is 0 Å². The van der Waals surface area contributed by atoms with Crippen molar-refractivity contribution in [2.24, 2.45) is 0 Å². The van der Waals surface area contributed by atoms with Crippen molar-refractivity contribution in [2.45, 2.75) is 18.9 Å². The fraction of sp³-hybridized carbons (Fsp3) is 0.857. The van der Waals surface area contributed by atoms with Crippen molar-refractivity contribution >= 4 is 5.91 Å². The topological polar surface area (TPSA) is 43.8 Å². The van der Waals surface area contributed by atoms with Crippen LogP contribution in [0.15, 0.2) is 0 Å². The highest BCUT2D eigenvalue weighted by Crippen LogP contribution is 2.15. The number of nitrogens with zero attached hydrogens (tertiary/aromatic N) is 2. The van der Waals surface area contributed by atoms with Gasteiger partial charge in [-0.05, 0) is 26.4 Å². The number of rotatable bonds is 1. The summed E-state index contributed by atoms with van der Waals surface area (Å²) in [6, 6.07) is -0.106. The van der Waals surface area contributed by atoms with Crippen LogP contribution in [0, 0.1) is 0 Å². The van der Waals surface area contributed by atoms with E-state index >= 15 is 0 Å².